The van der Waals surface area contributed by atoms with Crippen molar-refractivity contribution in [1.29, 1.82) is 0 Å². The fourth-order valence-electron chi connectivity index (χ4n) is 3.45. The zero-order chi connectivity index (χ0) is 17.4. The maximum absolute atomic E-state index is 12.3. The van der Waals surface area contributed by atoms with Crippen LogP contribution in [0.2, 0.25) is 0 Å². The van der Waals surface area contributed by atoms with Gasteiger partial charge in [-0.25, -0.2) is 4.98 Å². The monoisotopic (exact) mass is 337 g/mol. The molecule has 8 nitrogen and oxygen atoms in total. The summed E-state index contributed by atoms with van der Waals surface area (Å²) in [5, 5.41) is 13.3. The SMILES string of the molecule is CC(=O)N[C@H]1CC2(CCN(C(=O)c3cnco3)CC2)OC[C@]1(C)O. The van der Waals surface area contributed by atoms with E-state index in [0.717, 1.165) is 0 Å². The number of hydrogen-bond donors (Lipinski definition) is 2. The highest BCUT2D eigenvalue weighted by atomic mass is 16.5. The molecule has 1 aromatic rings. The molecule has 2 N–H and O–H groups in total. The van der Waals surface area contributed by atoms with Crippen LogP contribution in [0.1, 0.15) is 43.7 Å². The lowest BCUT2D eigenvalue weighted by Gasteiger charge is -2.50. The molecule has 132 valence electrons. The molecule has 0 radical (unpaired) electrons. The van der Waals surface area contributed by atoms with E-state index in [0.29, 0.717) is 32.4 Å². The fraction of sp³-hybridized carbons (Fsp3) is 0.688. The Kier molecular flexibility index (Phi) is 4.35. The van der Waals surface area contributed by atoms with Gasteiger partial charge in [-0.1, -0.05) is 0 Å². The van der Waals surface area contributed by atoms with Gasteiger partial charge in [0.05, 0.1) is 24.4 Å². The second-order valence-electron chi connectivity index (χ2n) is 6.94. The number of hydrogen-bond acceptors (Lipinski definition) is 6. The Morgan fingerprint density at radius 1 is 1.42 bits per heavy atom. The van der Waals surface area contributed by atoms with Gasteiger partial charge in [0.15, 0.2) is 6.39 Å². The zero-order valence-corrected chi connectivity index (χ0v) is 13.9. The van der Waals surface area contributed by atoms with Gasteiger partial charge in [0.2, 0.25) is 11.7 Å². The van der Waals surface area contributed by atoms with Crippen LogP contribution in [0.25, 0.3) is 0 Å². The van der Waals surface area contributed by atoms with Crippen molar-refractivity contribution >= 4 is 11.8 Å². The number of amides is 2. The quantitative estimate of drug-likeness (QED) is 0.805. The summed E-state index contributed by atoms with van der Waals surface area (Å²) in [4.78, 5) is 29.2. The highest BCUT2D eigenvalue weighted by Crippen LogP contribution is 2.38. The first-order valence-electron chi connectivity index (χ1n) is 8.13. The lowest BCUT2D eigenvalue weighted by molar-refractivity contribution is -0.191. The Labute approximate surface area is 140 Å². The molecule has 1 aromatic heterocycles. The summed E-state index contributed by atoms with van der Waals surface area (Å²) < 4.78 is 11.0. The van der Waals surface area contributed by atoms with Gasteiger partial charge in [0, 0.05) is 20.0 Å². The zero-order valence-electron chi connectivity index (χ0n) is 13.9. The van der Waals surface area contributed by atoms with Crippen LogP contribution in [0.15, 0.2) is 17.0 Å². The van der Waals surface area contributed by atoms with Crippen molar-refractivity contribution in [1.82, 2.24) is 15.2 Å². The number of likely N-dealkylation sites (tertiary alicyclic amines) is 1. The Hall–Kier alpha value is -1.93. The number of piperidine rings is 1. The number of oxazole rings is 1. The summed E-state index contributed by atoms with van der Waals surface area (Å²) in [6.07, 6.45) is 4.48. The van der Waals surface area contributed by atoms with Crippen LogP contribution in [0.4, 0.5) is 0 Å². The first kappa shape index (κ1) is 16.9. The topological polar surface area (TPSA) is 105 Å². The predicted molar refractivity (Wildman–Crippen MR) is 83.2 cm³/mol. The van der Waals surface area contributed by atoms with E-state index in [9.17, 15) is 14.7 Å². The van der Waals surface area contributed by atoms with Crippen molar-refractivity contribution in [2.24, 2.45) is 0 Å². The molecule has 2 fully saturated rings. The summed E-state index contributed by atoms with van der Waals surface area (Å²) >= 11 is 0. The summed E-state index contributed by atoms with van der Waals surface area (Å²) in [5.41, 5.74) is -1.52. The predicted octanol–water partition coefficient (Wildman–Crippen LogP) is 0.325. The standard InChI is InChI=1S/C16H23N3O5/c1-11(20)18-13-7-16(24-9-15(13,2)22)3-5-19(6-4-16)14(21)12-8-17-10-23-12/h8,10,13,22H,3-7,9H2,1-2H3,(H,18,20)/t13-,15-/m0/s1. The van der Waals surface area contributed by atoms with Gasteiger partial charge >= 0.3 is 0 Å². The second kappa shape index (κ2) is 6.18. The van der Waals surface area contributed by atoms with E-state index in [1.807, 2.05) is 0 Å². The van der Waals surface area contributed by atoms with Crippen molar-refractivity contribution in [2.45, 2.75) is 50.4 Å². The molecule has 0 aromatic carbocycles. The summed E-state index contributed by atoms with van der Waals surface area (Å²) in [6.45, 7) is 4.34. The number of carbonyl (C=O) groups is 2. The van der Waals surface area contributed by atoms with E-state index in [2.05, 4.69) is 10.3 Å². The van der Waals surface area contributed by atoms with Gasteiger partial charge < -0.3 is 24.5 Å². The van der Waals surface area contributed by atoms with Crippen LogP contribution < -0.4 is 5.32 Å². The second-order valence-corrected chi connectivity index (χ2v) is 6.94. The van der Waals surface area contributed by atoms with Gasteiger partial charge in [-0.15, -0.1) is 0 Å². The van der Waals surface area contributed by atoms with Crippen LogP contribution >= 0.6 is 0 Å². The highest BCUT2D eigenvalue weighted by molar-refractivity contribution is 5.91. The number of ether oxygens (including phenoxy) is 1. The van der Waals surface area contributed by atoms with Crippen LogP contribution in [-0.2, 0) is 9.53 Å². The molecule has 2 saturated heterocycles. The molecular weight excluding hydrogens is 314 g/mol. The number of rotatable bonds is 2. The van der Waals surface area contributed by atoms with Gasteiger partial charge in [-0.05, 0) is 26.2 Å². The van der Waals surface area contributed by atoms with E-state index >= 15 is 0 Å². The molecule has 3 rings (SSSR count). The molecular formula is C16H23N3O5. The molecule has 0 aliphatic carbocycles. The summed E-state index contributed by atoms with van der Waals surface area (Å²) in [6, 6.07) is -0.361. The number of nitrogens with zero attached hydrogens (tertiary/aromatic N) is 2. The van der Waals surface area contributed by atoms with E-state index in [1.165, 1.54) is 19.5 Å². The van der Waals surface area contributed by atoms with Crippen molar-refractivity contribution in [2.75, 3.05) is 19.7 Å². The van der Waals surface area contributed by atoms with Crippen LogP contribution in [0.3, 0.4) is 0 Å². The number of carbonyl (C=O) groups excluding carboxylic acids is 2. The molecule has 8 heteroatoms. The molecule has 2 atom stereocenters. The normalized spacial score (nSPS) is 29.5. The summed E-state index contributed by atoms with van der Waals surface area (Å²) in [5.74, 6) is -0.117. The Bertz CT molecular complexity index is 605. The van der Waals surface area contributed by atoms with E-state index in [-0.39, 0.29) is 30.2 Å². The minimum Gasteiger partial charge on any atom is -0.438 e. The van der Waals surface area contributed by atoms with Crippen molar-refractivity contribution < 1.29 is 23.8 Å². The fourth-order valence-corrected chi connectivity index (χ4v) is 3.45. The van der Waals surface area contributed by atoms with Crippen molar-refractivity contribution in [3.8, 4) is 0 Å². The molecule has 2 aliphatic rings. The minimum absolute atomic E-state index is 0.161. The van der Waals surface area contributed by atoms with Crippen LogP contribution in [0.5, 0.6) is 0 Å². The number of aliphatic hydroxyl groups is 1. The first-order valence-corrected chi connectivity index (χ1v) is 8.13. The smallest absolute Gasteiger partial charge is 0.291 e. The van der Waals surface area contributed by atoms with Gasteiger partial charge in [-0.2, -0.15) is 0 Å². The highest BCUT2D eigenvalue weighted by Gasteiger charge is 2.49. The van der Waals surface area contributed by atoms with Crippen molar-refractivity contribution in [3.05, 3.63) is 18.4 Å². The summed E-state index contributed by atoms with van der Waals surface area (Å²) in [7, 11) is 0. The first-order chi connectivity index (χ1) is 11.3. The van der Waals surface area contributed by atoms with Gasteiger partial charge in [-0.3, -0.25) is 9.59 Å². The molecule has 2 amide bonds. The maximum atomic E-state index is 12.3. The molecule has 0 saturated carbocycles. The van der Waals surface area contributed by atoms with E-state index in [1.54, 1.807) is 11.8 Å². The third-order valence-electron chi connectivity index (χ3n) is 4.98. The van der Waals surface area contributed by atoms with Gasteiger partial charge in [0.1, 0.15) is 5.60 Å². The average molecular weight is 337 g/mol. The van der Waals surface area contributed by atoms with E-state index in [4.69, 9.17) is 9.15 Å². The molecule has 3 heterocycles. The van der Waals surface area contributed by atoms with Gasteiger partial charge in [0.25, 0.3) is 5.91 Å². The minimum atomic E-state index is -1.09. The third kappa shape index (κ3) is 3.29. The van der Waals surface area contributed by atoms with E-state index < -0.39 is 11.2 Å². The number of aromatic nitrogens is 1. The largest absolute Gasteiger partial charge is 0.438 e. The van der Waals surface area contributed by atoms with Crippen LogP contribution in [-0.4, -0.2) is 63.7 Å². The lowest BCUT2D eigenvalue weighted by atomic mass is 9.77. The van der Waals surface area contributed by atoms with Crippen LogP contribution in [0, 0.1) is 0 Å². The average Bonchev–Trinajstić information content (AvgIpc) is 3.06. The molecule has 0 bridgehead atoms. The van der Waals surface area contributed by atoms with Crippen molar-refractivity contribution in [3.63, 3.8) is 0 Å². The number of nitrogens with one attached hydrogen (secondary N) is 1. The Balaban J connectivity index is 1.64. The third-order valence-corrected chi connectivity index (χ3v) is 4.98. The molecule has 1 spiro atoms. The molecule has 24 heavy (non-hydrogen) atoms. The molecule has 2 aliphatic heterocycles. The molecule has 0 unspecified atom stereocenters. The maximum Gasteiger partial charge on any atom is 0.291 e. The Morgan fingerprint density at radius 2 is 2.12 bits per heavy atom. The Morgan fingerprint density at radius 3 is 2.71 bits per heavy atom. The lowest BCUT2D eigenvalue weighted by Crippen LogP contribution is -2.63.